The van der Waals surface area contributed by atoms with Crippen LogP contribution in [-0.4, -0.2) is 17.4 Å². The van der Waals surface area contributed by atoms with Crippen molar-refractivity contribution in [2.45, 2.75) is 11.8 Å². The van der Waals surface area contributed by atoms with Crippen molar-refractivity contribution < 1.29 is 0 Å². The lowest BCUT2D eigenvalue weighted by molar-refractivity contribution is 0.313. The van der Waals surface area contributed by atoms with Gasteiger partial charge in [0, 0.05) is 13.5 Å². The first-order valence-electron chi connectivity index (χ1n) is 3.58. The molecule has 2 rings (SSSR count). The minimum atomic E-state index is 0.134. The lowest BCUT2D eigenvalue weighted by Gasteiger charge is -2.14. The summed E-state index contributed by atoms with van der Waals surface area (Å²) in [4.78, 5) is 0. The zero-order valence-electron chi connectivity index (χ0n) is 6.26. The number of rotatable bonds is 0. The molecule has 0 saturated heterocycles. The topological polar surface area (TPSA) is 27.3 Å². The third-order valence-electron chi connectivity index (χ3n) is 1.91. The molecule has 1 atom stereocenters. The lowest BCUT2D eigenvalue weighted by atomic mass is 10.1. The number of hydrogen-bond acceptors (Lipinski definition) is 3. The van der Waals surface area contributed by atoms with E-state index in [9.17, 15) is 0 Å². The fraction of sp³-hybridized carbons (Fsp3) is 0.429. The summed E-state index contributed by atoms with van der Waals surface area (Å²) < 4.78 is 0. The molecule has 0 aromatic carbocycles. The van der Waals surface area contributed by atoms with Crippen LogP contribution in [-0.2, 0) is 0 Å². The smallest absolute Gasteiger partial charge is 0.0735 e. The van der Waals surface area contributed by atoms with Crippen molar-refractivity contribution in [3.05, 3.63) is 23.5 Å². The highest BCUT2D eigenvalue weighted by molar-refractivity contribution is 6.22. The van der Waals surface area contributed by atoms with Crippen LogP contribution in [0.5, 0.6) is 0 Å². The summed E-state index contributed by atoms with van der Waals surface area (Å²) in [6.07, 6.45) is 4.92. The van der Waals surface area contributed by atoms with E-state index in [0.29, 0.717) is 0 Å². The van der Waals surface area contributed by atoms with Gasteiger partial charge in [0.05, 0.1) is 16.8 Å². The van der Waals surface area contributed by atoms with Crippen LogP contribution in [0.4, 0.5) is 0 Å². The van der Waals surface area contributed by atoms with E-state index in [2.05, 4.69) is 11.0 Å². The number of alkyl halides is 1. The minimum Gasteiger partial charge on any atom is -0.306 e. The van der Waals surface area contributed by atoms with Crippen molar-refractivity contribution in [2.75, 3.05) is 7.05 Å². The third-order valence-corrected chi connectivity index (χ3v) is 2.21. The Labute approximate surface area is 70.6 Å². The highest BCUT2D eigenvalue weighted by Gasteiger charge is 2.21. The van der Waals surface area contributed by atoms with Gasteiger partial charge in [-0.15, -0.1) is 17.1 Å². The van der Waals surface area contributed by atoms with Crippen LogP contribution in [0.25, 0.3) is 0 Å². The van der Waals surface area contributed by atoms with E-state index in [1.165, 1.54) is 11.4 Å². The van der Waals surface area contributed by atoms with Gasteiger partial charge >= 0.3 is 0 Å². The van der Waals surface area contributed by atoms with Crippen LogP contribution >= 0.6 is 11.6 Å². The second-order valence-electron chi connectivity index (χ2n) is 2.74. The van der Waals surface area contributed by atoms with Gasteiger partial charge in [-0.3, -0.25) is 5.01 Å². The van der Waals surface area contributed by atoms with Gasteiger partial charge < -0.3 is 5.43 Å². The Balaban J connectivity index is 2.25. The SMILES string of the molecule is CN1NNC2=C1C=CC(Cl)C2. The summed E-state index contributed by atoms with van der Waals surface area (Å²) in [6.45, 7) is 0. The van der Waals surface area contributed by atoms with Gasteiger partial charge in [-0.1, -0.05) is 6.08 Å². The maximum Gasteiger partial charge on any atom is 0.0735 e. The first-order chi connectivity index (χ1) is 5.27. The molecule has 1 aliphatic carbocycles. The van der Waals surface area contributed by atoms with Gasteiger partial charge in [0.15, 0.2) is 0 Å². The molecule has 0 aromatic heterocycles. The Bertz CT molecular complexity index is 234. The van der Waals surface area contributed by atoms with Gasteiger partial charge in [0.25, 0.3) is 0 Å². The first-order valence-corrected chi connectivity index (χ1v) is 4.02. The van der Waals surface area contributed by atoms with Crippen molar-refractivity contribution >= 4 is 11.6 Å². The molecule has 1 unspecified atom stereocenters. The summed E-state index contributed by atoms with van der Waals surface area (Å²) >= 11 is 5.92. The largest absolute Gasteiger partial charge is 0.306 e. The van der Waals surface area contributed by atoms with Crippen LogP contribution < -0.4 is 11.0 Å². The molecule has 0 fully saturated rings. The summed E-state index contributed by atoms with van der Waals surface area (Å²) in [7, 11) is 1.97. The number of likely N-dealkylation sites (N-methyl/N-ethyl adjacent to an activating group) is 1. The van der Waals surface area contributed by atoms with Crippen LogP contribution in [0.15, 0.2) is 23.5 Å². The number of nitrogens with zero attached hydrogens (tertiary/aromatic N) is 1. The van der Waals surface area contributed by atoms with Crippen LogP contribution in [0.3, 0.4) is 0 Å². The van der Waals surface area contributed by atoms with E-state index < -0.39 is 0 Å². The lowest BCUT2D eigenvalue weighted by Crippen LogP contribution is -2.34. The average Bonchev–Trinajstić information content (AvgIpc) is 2.32. The highest BCUT2D eigenvalue weighted by atomic mass is 35.5. The van der Waals surface area contributed by atoms with Crippen LogP contribution in [0.2, 0.25) is 0 Å². The number of hydrogen-bond donors (Lipinski definition) is 2. The van der Waals surface area contributed by atoms with Crippen LogP contribution in [0, 0.1) is 0 Å². The molecule has 4 heteroatoms. The zero-order chi connectivity index (χ0) is 7.84. The molecule has 0 aromatic rings. The summed E-state index contributed by atoms with van der Waals surface area (Å²) in [6, 6.07) is 0. The fourth-order valence-corrected chi connectivity index (χ4v) is 1.53. The monoisotopic (exact) mass is 171 g/mol. The van der Waals surface area contributed by atoms with E-state index in [0.717, 1.165) is 6.42 Å². The highest BCUT2D eigenvalue weighted by Crippen LogP contribution is 2.23. The van der Waals surface area contributed by atoms with Crippen LogP contribution in [0.1, 0.15) is 6.42 Å². The van der Waals surface area contributed by atoms with Crippen molar-refractivity contribution in [2.24, 2.45) is 0 Å². The maximum atomic E-state index is 5.92. The van der Waals surface area contributed by atoms with Gasteiger partial charge in [-0.25, -0.2) is 0 Å². The molecular formula is C7H10ClN3. The molecule has 2 aliphatic rings. The Kier molecular flexibility index (Phi) is 1.55. The molecule has 1 heterocycles. The summed E-state index contributed by atoms with van der Waals surface area (Å²) in [5, 5.41) is 2.07. The van der Waals surface area contributed by atoms with Gasteiger partial charge in [-0.2, -0.15) is 0 Å². The molecule has 0 bridgehead atoms. The van der Waals surface area contributed by atoms with Crippen molar-refractivity contribution in [3.8, 4) is 0 Å². The molecule has 0 amide bonds. The molecule has 0 saturated carbocycles. The molecule has 60 valence electrons. The van der Waals surface area contributed by atoms with E-state index in [-0.39, 0.29) is 5.38 Å². The third kappa shape index (κ3) is 1.10. The van der Waals surface area contributed by atoms with Gasteiger partial charge in [0.2, 0.25) is 0 Å². The number of halogens is 1. The number of allylic oxidation sites excluding steroid dienone is 3. The Morgan fingerprint density at radius 2 is 2.55 bits per heavy atom. The Morgan fingerprint density at radius 3 is 3.36 bits per heavy atom. The Hall–Kier alpha value is -0.670. The number of hydrazine groups is 2. The van der Waals surface area contributed by atoms with E-state index >= 15 is 0 Å². The normalized spacial score (nSPS) is 28.9. The molecule has 2 N–H and O–H groups in total. The van der Waals surface area contributed by atoms with E-state index in [1.54, 1.807) is 0 Å². The van der Waals surface area contributed by atoms with Crippen molar-refractivity contribution in [1.29, 1.82) is 0 Å². The van der Waals surface area contributed by atoms with Gasteiger partial charge in [-0.05, 0) is 6.08 Å². The summed E-state index contributed by atoms with van der Waals surface area (Å²) in [5.41, 5.74) is 8.40. The molecular weight excluding hydrogens is 162 g/mol. The summed E-state index contributed by atoms with van der Waals surface area (Å²) in [5.74, 6) is 0. The van der Waals surface area contributed by atoms with E-state index in [1.807, 2.05) is 24.2 Å². The average molecular weight is 172 g/mol. The predicted molar refractivity (Wildman–Crippen MR) is 44.5 cm³/mol. The maximum absolute atomic E-state index is 5.92. The van der Waals surface area contributed by atoms with Crippen molar-refractivity contribution in [3.63, 3.8) is 0 Å². The Morgan fingerprint density at radius 1 is 1.73 bits per heavy atom. The second-order valence-corrected chi connectivity index (χ2v) is 3.30. The molecule has 3 nitrogen and oxygen atoms in total. The molecule has 0 spiro atoms. The quantitative estimate of drug-likeness (QED) is 0.526. The molecule has 1 aliphatic heterocycles. The molecule has 0 radical (unpaired) electrons. The minimum absolute atomic E-state index is 0.134. The number of nitrogens with one attached hydrogen (secondary N) is 2. The fourth-order valence-electron chi connectivity index (χ4n) is 1.30. The van der Waals surface area contributed by atoms with Gasteiger partial charge in [0.1, 0.15) is 0 Å². The second kappa shape index (κ2) is 2.43. The zero-order valence-corrected chi connectivity index (χ0v) is 7.02. The standard InChI is InChI=1S/C7H10ClN3/c1-11-7-3-2-5(8)4-6(7)9-10-11/h2-3,5,9-10H,4H2,1H3. The van der Waals surface area contributed by atoms with Crippen molar-refractivity contribution in [1.82, 2.24) is 16.0 Å². The predicted octanol–water partition coefficient (Wildman–Crippen LogP) is 0.720. The molecule has 11 heavy (non-hydrogen) atoms. The van der Waals surface area contributed by atoms with E-state index in [4.69, 9.17) is 11.6 Å². The first kappa shape index (κ1) is 7.00.